The number of benzene rings is 1. The fourth-order valence-corrected chi connectivity index (χ4v) is 2.37. The van der Waals surface area contributed by atoms with Gasteiger partial charge in [-0.05, 0) is 38.2 Å². The third kappa shape index (κ3) is 2.93. The Labute approximate surface area is 112 Å². The summed E-state index contributed by atoms with van der Waals surface area (Å²) >= 11 is 0. The summed E-state index contributed by atoms with van der Waals surface area (Å²) in [5.74, 6) is -0.467. The quantitative estimate of drug-likeness (QED) is 0.896. The van der Waals surface area contributed by atoms with E-state index >= 15 is 0 Å². The number of anilines is 1. The Hall–Kier alpha value is -1.46. The van der Waals surface area contributed by atoms with Gasteiger partial charge in [0.15, 0.2) is 0 Å². The zero-order valence-electron chi connectivity index (χ0n) is 11.2. The van der Waals surface area contributed by atoms with Gasteiger partial charge in [0.2, 0.25) is 5.91 Å². The van der Waals surface area contributed by atoms with Gasteiger partial charge in [0.05, 0.1) is 19.1 Å². The highest BCUT2D eigenvalue weighted by Gasteiger charge is 2.35. The number of hydrogen-bond acceptors (Lipinski definition) is 3. The third-order valence-corrected chi connectivity index (χ3v) is 3.49. The number of amides is 1. The zero-order chi connectivity index (χ0) is 13.8. The number of likely N-dealkylation sites (N-methyl/N-ethyl adjacent to an activating group) is 1. The predicted molar refractivity (Wildman–Crippen MR) is 71.6 cm³/mol. The topological polar surface area (TPSA) is 41.6 Å². The summed E-state index contributed by atoms with van der Waals surface area (Å²) in [6.45, 7) is 3.44. The molecule has 0 spiro atoms. The normalized spacial score (nSPS) is 22.5. The monoisotopic (exact) mass is 266 g/mol. The fraction of sp³-hybridized carbons (Fsp3) is 0.500. The largest absolute Gasteiger partial charge is 0.379 e. The van der Waals surface area contributed by atoms with Crippen LogP contribution in [0.3, 0.4) is 0 Å². The first-order chi connectivity index (χ1) is 9.17. The van der Waals surface area contributed by atoms with E-state index in [1.165, 1.54) is 12.1 Å². The SMILES string of the molecule is CCN(C(=O)C1COCC1NC)c1ccc(F)cc1. The first-order valence-corrected chi connectivity index (χ1v) is 6.49. The fourth-order valence-electron chi connectivity index (χ4n) is 2.37. The van der Waals surface area contributed by atoms with E-state index in [1.54, 1.807) is 17.0 Å². The first-order valence-electron chi connectivity index (χ1n) is 6.49. The summed E-state index contributed by atoms with van der Waals surface area (Å²) in [6.07, 6.45) is 0. The maximum atomic E-state index is 12.9. The number of hydrogen-bond donors (Lipinski definition) is 1. The summed E-state index contributed by atoms with van der Waals surface area (Å²) in [6, 6.07) is 6.03. The van der Waals surface area contributed by atoms with Crippen molar-refractivity contribution in [3.8, 4) is 0 Å². The van der Waals surface area contributed by atoms with Crippen LogP contribution in [0, 0.1) is 11.7 Å². The van der Waals surface area contributed by atoms with E-state index in [0.29, 0.717) is 19.8 Å². The molecule has 2 atom stereocenters. The molecule has 1 saturated heterocycles. The average Bonchev–Trinajstić information content (AvgIpc) is 2.90. The van der Waals surface area contributed by atoms with Crippen molar-refractivity contribution >= 4 is 11.6 Å². The van der Waals surface area contributed by atoms with Crippen LogP contribution in [0.5, 0.6) is 0 Å². The lowest BCUT2D eigenvalue weighted by Gasteiger charge is -2.26. The van der Waals surface area contributed by atoms with E-state index in [-0.39, 0.29) is 23.7 Å². The van der Waals surface area contributed by atoms with Gasteiger partial charge in [-0.2, -0.15) is 0 Å². The van der Waals surface area contributed by atoms with Gasteiger partial charge < -0.3 is 15.0 Å². The summed E-state index contributed by atoms with van der Waals surface area (Å²) in [5, 5.41) is 3.10. The van der Waals surface area contributed by atoms with Crippen LogP contribution < -0.4 is 10.2 Å². The summed E-state index contributed by atoms with van der Waals surface area (Å²) in [5.41, 5.74) is 0.718. The number of halogens is 1. The molecule has 1 aromatic rings. The minimum atomic E-state index is -0.301. The molecule has 0 aromatic heterocycles. The Morgan fingerprint density at radius 3 is 2.68 bits per heavy atom. The summed E-state index contributed by atoms with van der Waals surface area (Å²) in [7, 11) is 1.83. The molecule has 0 radical (unpaired) electrons. The van der Waals surface area contributed by atoms with Crippen molar-refractivity contribution < 1.29 is 13.9 Å². The molecule has 1 fully saturated rings. The second-order valence-electron chi connectivity index (χ2n) is 4.60. The molecule has 1 heterocycles. The van der Waals surface area contributed by atoms with Gasteiger partial charge >= 0.3 is 0 Å². The van der Waals surface area contributed by atoms with Crippen molar-refractivity contribution in [1.29, 1.82) is 0 Å². The molecule has 1 N–H and O–H groups in total. The highest BCUT2D eigenvalue weighted by Crippen LogP contribution is 2.21. The Bertz CT molecular complexity index is 436. The molecule has 0 saturated carbocycles. The molecule has 104 valence electrons. The Morgan fingerprint density at radius 1 is 1.42 bits per heavy atom. The van der Waals surface area contributed by atoms with Gasteiger partial charge in [0.25, 0.3) is 0 Å². The standard InChI is InChI=1S/C14H19FN2O2/c1-3-17(11-6-4-10(15)5-7-11)14(18)12-8-19-9-13(12)16-2/h4-7,12-13,16H,3,8-9H2,1-2H3. The van der Waals surface area contributed by atoms with E-state index in [2.05, 4.69) is 5.32 Å². The number of nitrogens with zero attached hydrogens (tertiary/aromatic N) is 1. The molecular weight excluding hydrogens is 247 g/mol. The molecule has 19 heavy (non-hydrogen) atoms. The van der Waals surface area contributed by atoms with Gasteiger partial charge in [-0.1, -0.05) is 0 Å². The molecule has 0 bridgehead atoms. The second-order valence-corrected chi connectivity index (χ2v) is 4.60. The van der Waals surface area contributed by atoms with Crippen LogP contribution in [-0.2, 0) is 9.53 Å². The highest BCUT2D eigenvalue weighted by molar-refractivity contribution is 5.95. The van der Waals surface area contributed by atoms with Crippen LogP contribution in [-0.4, -0.2) is 38.8 Å². The van der Waals surface area contributed by atoms with E-state index < -0.39 is 0 Å². The molecule has 4 nitrogen and oxygen atoms in total. The van der Waals surface area contributed by atoms with Gasteiger partial charge in [0.1, 0.15) is 5.82 Å². The highest BCUT2D eigenvalue weighted by atomic mass is 19.1. The van der Waals surface area contributed by atoms with Crippen LogP contribution in [0.25, 0.3) is 0 Å². The van der Waals surface area contributed by atoms with Crippen LogP contribution in [0.2, 0.25) is 0 Å². The molecule has 2 rings (SSSR count). The van der Waals surface area contributed by atoms with Crippen LogP contribution >= 0.6 is 0 Å². The molecule has 1 aliphatic heterocycles. The third-order valence-electron chi connectivity index (χ3n) is 3.49. The van der Waals surface area contributed by atoms with E-state index in [1.807, 2.05) is 14.0 Å². The zero-order valence-corrected chi connectivity index (χ0v) is 11.2. The lowest BCUT2D eigenvalue weighted by atomic mass is 10.0. The van der Waals surface area contributed by atoms with Crippen LogP contribution in [0.1, 0.15) is 6.92 Å². The number of rotatable bonds is 4. The number of carbonyl (C=O) groups excluding carboxylic acids is 1. The Kier molecular flexibility index (Phi) is 4.50. The summed E-state index contributed by atoms with van der Waals surface area (Å²) in [4.78, 5) is 14.2. The molecular formula is C14H19FN2O2. The van der Waals surface area contributed by atoms with Crippen molar-refractivity contribution in [2.24, 2.45) is 5.92 Å². The Balaban J connectivity index is 2.17. The van der Waals surface area contributed by atoms with Crippen molar-refractivity contribution in [3.63, 3.8) is 0 Å². The summed E-state index contributed by atoms with van der Waals surface area (Å²) < 4.78 is 18.3. The van der Waals surface area contributed by atoms with Gasteiger partial charge in [0, 0.05) is 18.3 Å². The number of ether oxygens (including phenoxy) is 1. The van der Waals surface area contributed by atoms with Gasteiger partial charge in [-0.15, -0.1) is 0 Å². The van der Waals surface area contributed by atoms with E-state index in [9.17, 15) is 9.18 Å². The minimum Gasteiger partial charge on any atom is -0.379 e. The van der Waals surface area contributed by atoms with Crippen LogP contribution in [0.15, 0.2) is 24.3 Å². The van der Waals surface area contributed by atoms with Crippen molar-refractivity contribution in [3.05, 3.63) is 30.1 Å². The van der Waals surface area contributed by atoms with Crippen molar-refractivity contribution in [1.82, 2.24) is 5.32 Å². The number of carbonyl (C=O) groups is 1. The lowest BCUT2D eigenvalue weighted by molar-refractivity contribution is -0.122. The minimum absolute atomic E-state index is 0.0194. The maximum Gasteiger partial charge on any atom is 0.234 e. The van der Waals surface area contributed by atoms with E-state index in [4.69, 9.17) is 4.74 Å². The van der Waals surface area contributed by atoms with Crippen molar-refractivity contribution in [2.75, 3.05) is 31.7 Å². The average molecular weight is 266 g/mol. The molecule has 0 aliphatic carbocycles. The van der Waals surface area contributed by atoms with E-state index in [0.717, 1.165) is 5.69 Å². The molecule has 1 aliphatic rings. The molecule has 1 aromatic carbocycles. The first kappa shape index (κ1) is 14.0. The van der Waals surface area contributed by atoms with Gasteiger partial charge in [-0.25, -0.2) is 4.39 Å². The Morgan fingerprint density at radius 2 is 2.11 bits per heavy atom. The molecule has 1 amide bonds. The maximum absolute atomic E-state index is 12.9. The van der Waals surface area contributed by atoms with Crippen LogP contribution in [0.4, 0.5) is 10.1 Å². The molecule has 2 unspecified atom stereocenters. The van der Waals surface area contributed by atoms with Crippen molar-refractivity contribution in [2.45, 2.75) is 13.0 Å². The molecule has 5 heteroatoms. The lowest BCUT2D eigenvalue weighted by Crippen LogP contribution is -2.45. The smallest absolute Gasteiger partial charge is 0.234 e. The number of nitrogens with one attached hydrogen (secondary N) is 1. The second kappa shape index (κ2) is 6.12. The predicted octanol–water partition coefficient (Wildman–Crippen LogP) is 1.41. The van der Waals surface area contributed by atoms with Gasteiger partial charge in [-0.3, -0.25) is 4.79 Å².